The Hall–Kier alpha value is -3.66. The summed E-state index contributed by atoms with van der Waals surface area (Å²) in [5, 5.41) is 27.7. The van der Waals surface area contributed by atoms with E-state index in [0.717, 1.165) is 50.5 Å². The Labute approximate surface area is 233 Å². The average molecular weight is 552 g/mol. The summed E-state index contributed by atoms with van der Waals surface area (Å²) in [6, 6.07) is 19.0. The zero-order valence-electron chi connectivity index (χ0n) is 21.9. The first-order valence-electron chi connectivity index (χ1n) is 12.9. The molecule has 3 aliphatic rings. The molecule has 1 aromatic heterocycles. The molecule has 9 nitrogen and oxygen atoms in total. The van der Waals surface area contributed by atoms with Crippen LogP contribution >= 0.6 is 12.4 Å². The second-order valence-electron chi connectivity index (χ2n) is 10.2. The fourth-order valence-corrected chi connectivity index (χ4v) is 5.11. The molecule has 2 fully saturated rings. The molecule has 1 unspecified atom stereocenters. The van der Waals surface area contributed by atoms with Crippen molar-refractivity contribution in [3.63, 3.8) is 0 Å². The number of piperazine rings is 1. The Morgan fingerprint density at radius 2 is 1.64 bits per heavy atom. The molecule has 2 aromatic carbocycles. The minimum Gasteiger partial charge on any atom is -0.481 e. The number of nitrogens with zero attached hydrogens (tertiary/aromatic N) is 4. The van der Waals surface area contributed by atoms with E-state index in [1.165, 1.54) is 5.39 Å². The van der Waals surface area contributed by atoms with Crippen molar-refractivity contribution in [2.24, 2.45) is 5.41 Å². The summed E-state index contributed by atoms with van der Waals surface area (Å²) >= 11 is 0. The number of fused-ring (bicyclic) bond motifs is 1. The number of carboxylic acids is 2. The fourth-order valence-electron chi connectivity index (χ4n) is 5.11. The Kier molecular flexibility index (Phi) is 8.74. The van der Waals surface area contributed by atoms with E-state index in [-0.39, 0.29) is 24.4 Å². The number of hydrogen-bond donors (Lipinski definition) is 3. The van der Waals surface area contributed by atoms with Gasteiger partial charge in [0.05, 0.1) is 28.4 Å². The molecule has 0 saturated carbocycles. The van der Waals surface area contributed by atoms with Gasteiger partial charge < -0.3 is 20.4 Å². The first-order valence-corrected chi connectivity index (χ1v) is 12.9. The van der Waals surface area contributed by atoms with Crippen molar-refractivity contribution in [1.29, 1.82) is 0 Å². The third kappa shape index (κ3) is 6.00. The lowest BCUT2D eigenvalue weighted by Crippen LogP contribution is -2.61. The van der Waals surface area contributed by atoms with E-state index < -0.39 is 17.4 Å². The molecule has 0 spiro atoms. The molecular weight excluding hydrogens is 518 g/mol. The van der Waals surface area contributed by atoms with Crippen molar-refractivity contribution in [2.75, 3.05) is 39.3 Å². The SMILES string of the molecule is CC1(C(=O)O)C=CC(N2CCN(C3CNC3)CC2)=C(C(=O)O)C1.Cl.c1ccc(-n2ncc3ccccc32)cc1. The van der Waals surface area contributed by atoms with E-state index >= 15 is 0 Å². The monoisotopic (exact) mass is 551 g/mol. The van der Waals surface area contributed by atoms with Crippen molar-refractivity contribution < 1.29 is 19.8 Å². The minimum atomic E-state index is -1.14. The van der Waals surface area contributed by atoms with Gasteiger partial charge in [0.1, 0.15) is 0 Å². The van der Waals surface area contributed by atoms with E-state index in [1.807, 2.05) is 41.2 Å². The number of allylic oxidation sites excluding steroid dienone is 1. The molecule has 39 heavy (non-hydrogen) atoms. The van der Waals surface area contributed by atoms with E-state index in [1.54, 1.807) is 19.1 Å². The molecule has 0 amide bonds. The molecule has 6 rings (SSSR count). The molecule has 206 valence electrons. The number of carbonyl (C=O) groups is 2. The summed E-state index contributed by atoms with van der Waals surface area (Å²) in [5.41, 5.74) is 1.97. The van der Waals surface area contributed by atoms with Crippen LogP contribution in [-0.4, -0.2) is 87.0 Å². The Balaban J connectivity index is 0.000000191. The summed E-state index contributed by atoms with van der Waals surface area (Å²) in [6.07, 6.45) is 5.22. The molecular formula is C29H34ClN5O4. The van der Waals surface area contributed by atoms with E-state index in [2.05, 4.69) is 44.5 Å². The second-order valence-corrected chi connectivity index (χ2v) is 10.2. The lowest BCUT2D eigenvalue weighted by Gasteiger charge is -2.44. The number of nitrogens with one attached hydrogen (secondary N) is 1. The van der Waals surface area contributed by atoms with Crippen LogP contribution < -0.4 is 5.32 Å². The molecule has 3 heterocycles. The lowest BCUT2D eigenvalue weighted by atomic mass is 9.79. The first-order chi connectivity index (χ1) is 18.4. The number of rotatable bonds is 5. The summed E-state index contributed by atoms with van der Waals surface area (Å²) in [6.45, 7) is 6.99. The number of halogens is 1. The lowest BCUT2D eigenvalue weighted by molar-refractivity contribution is -0.145. The van der Waals surface area contributed by atoms with Gasteiger partial charge in [0.15, 0.2) is 0 Å². The Morgan fingerprint density at radius 1 is 0.974 bits per heavy atom. The van der Waals surface area contributed by atoms with Crippen LogP contribution in [-0.2, 0) is 9.59 Å². The number of hydrogen-bond acceptors (Lipinski definition) is 6. The van der Waals surface area contributed by atoms with Gasteiger partial charge in [0, 0.05) is 62.8 Å². The maximum Gasteiger partial charge on any atom is 0.333 e. The number of para-hydroxylation sites is 2. The molecule has 3 aromatic rings. The highest BCUT2D eigenvalue weighted by atomic mass is 35.5. The van der Waals surface area contributed by atoms with Crippen LogP contribution in [0.3, 0.4) is 0 Å². The van der Waals surface area contributed by atoms with Crippen LogP contribution in [0.2, 0.25) is 0 Å². The highest BCUT2D eigenvalue weighted by Gasteiger charge is 2.38. The summed E-state index contributed by atoms with van der Waals surface area (Å²) in [4.78, 5) is 27.5. The van der Waals surface area contributed by atoms with E-state index in [0.29, 0.717) is 11.7 Å². The number of aliphatic carboxylic acids is 2. The van der Waals surface area contributed by atoms with E-state index in [4.69, 9.17) is 0 Å². The fraction of sp³-hybridized carbons (Fsp3) is 0.345. The molecule has 3 N–H and O–H groups in total. The van der Waals surface area contributed by atoms with Crippen molar-refractivity contribution in [3.8, 4) is 5.69 Å². The van der Waals surface area contributed by atoms with Gasteiger partial charge in [-0.3, -0.25) is 9.69 Å². The van der Waals surface area contributed by atoms with Crippen LogP contribution in [0.25, 0.3) is 16.6 Å². The van der Waals surface area contributed by atoms with Gasteiger partial charge in [-0.1, -0.05) is 42.5 Å². The van der Waals surface area contributed by atoms with Gasteiger partial charge in [-0.2, -0.15) is 5.10 Å². The molecule has 1 atom stereocenters. The highest BCUT2D eigenvalue weighted by Crippen LogP contribution is 2.36. The van der Waals surface area contributed by atoms with Gasteiger partial charge in [0.2, 0.25) is 0 Å². The maximum atomic E-state index is 11.6. The Morgan fingerprint density at radius 3 is 2.26 bits per heavy atom. The first kappa shape index (κ1) is 28.4. The van der Waals surface area contributed by atoms with Gasteiger partial charge in [-0.25, -0.2) is 9.48 Å². The van der Waals surface area contributed by atoms with E-state index in [9.17, 15) is 19.8 Å². The number of carboxylic acid groups (broad SMARTS) is 2. The predicted molar refractivity (Wildman–Crippen MR) is 152 cm³/mol. The molecule has 0 radical (unpaired) electrons. The largest absolute Gasteiger partial charge is 0.481 e. The summed E-state index contributed by atoms with van der Waals surface area (Å²) in [7, 11) is 0. The quantitative estimate of drug-likeness (QED) is 0.442. The highest BCUT2D eigenvalue weighted by molar-refractivity contribution is 5.91. The van der Waals surface area contributed by atoms with Crippen molar-refractivity contribution >= 4 is 35.2 Å². The third-order valence-electron chi connectivity index (χ3n) is 7.62. The normalized spacial score (nSPS) is 21.5. The van der Waals surface area contributed by atoms with Gasteiger partial charge >= 0.3 is 11.9 Å². The second kappa shape index (κ2) is 12.0. The molecule has 1 aliphatic carbocycles. The van der Waals surface area contributed by atoms with Gasteiger partial charge in [0.25, 0.3) is 0 Å². The maximum absolute atomic E-state index is 11.6. The van der Waals surface area contributed by atoms with Crippen LogP contribution in [0.4, 0.5) is 0 Å². The van der Waals surface area contributed by atoms with Crippen molar-refractivity contribution in [1.82, 2.24) is 24.9 Å². The molecule has 2 aliphatic heterocycles. The third-order valence-corrected chi connectivity index (χ3v) is 7.62. The minimum absolute atomic E-state index is 0. The van der Waals surface area contributed by atoms with Crippen LogP contribution in [0.15, 0.2) is 84.2 Å². The zero-order valence-corrected chi connectivity index (χ0v) is 22.7. The average Bonchev–Trinajstić information content (AvgIpc) is 3.33. The predicted octanol–water partition coefficient (Wildman–Crippen LogP) is 3.41. The number of benzene rings is 2. The van der Waals surface area contributed by atoms with Gasteiger partial charge in [-0.05, 0) is 31.2 Å². The van der Waals surface area contributed by atoms with Crippen molar-refractivity contribution in [2.45, 2.75) is 19.4 Å². The zero-order chi connectivity index (χ0) is 26.7. The summed E-state index contributed by atoms with van der Waals surface area (Å²) < 4.78 is 1.95. The molecule has 2 saturated heterocycles. The van der Waals surface area contributed by atoms with Crippen LogP contribution in [0.5, 0.6) is 0 Å². The Bertz CT molecular complexity index is 1380. The molecule has 10 heteroatoms. The van der Waals surface area contributed by atoms with Crippen LogP contribution in [0.1, 0.15) is 13.3 Å². The molecule has 0 bridgehead atoms. The standard InChI is InChI=1S/C16H23N3O4.C13H10N2.ClH/c1-16(15(22)23)3-2-13(12(8-16)14(20)21)19-6-4-18(5-7-19)11-9-17-10-11;1-2-7-12(8-3-1)15-13-9-5-4-6-11(13)10-14-15;/h2-3,11,17H,4-10H2,1H3,(H,20,21)(H,22,23);1-10H;1H. The van der Waals surface area contributed by atoms with Gasteiger partial charge in [-0.15, -0.1) is 12.4 Å². The topological polar surface area (TPSA) is 111 Å². The summed E-state index contributed by atoms with van der Waals surface area (Å²) in [5.74, 6) is -2.02. The van der Waals surface area contributed by atoms with Crippen molar-refractivity contribution in [3.05, 3.63) is 84.2 Å². The number of aromatic nitrogens is 2. The van der Waals surface area contributed by atoms with Crippen LogP contribution in [0, 0.1) is 5.41 Å². The smallest absolute Gasteiger partial charge is 0.333 e.